The molecule has 0 amide bonds. The molecule has 1 fully saturated rings. The second-order valence-corrected chi connectivity index (χ2v) is 6.70. The van der Waals surface area contributed by atoms with Gasteiger partial charge in [-0.25, -0.2) is 11.4 Å². The van der Waals surface area contributed by atoms with Gasteiger partial charge in [0.15, 0.2) is 17.3 Å². The lowest BCUT2D eigenvalue weighted by atomic mass is 10.2. The Bertz CT molecular complexity index is 1000. The molecular formula is C19H20N4O6. The summed E-state index contributed by atoms with van der Waals surface area (Å²) < 4.78 is 18.4. The van der Waals surface area contributed by atoms with E-state index >= 15 is 0 Å². The highest BCUT2D eigenvalue weighted by Gasteiger charge is 2.36. The van der Waals surface area contributed by atoms with Gasteiger partial charge in [0.1, 0.15) is 23.8 Å². The van der Waals surface area contributed by atoms with Crippen LogP contribution in [0.15, 0.2) is 29.2 Å². The van der Waals surface area contributed by atoms with Crippen molar-refractivity contribution in [3.05, 3.63) is 46.3 Å². The highest BCUT2D eigenvalue weighted by Crippen LogP contribution is 2.45. The third kappa shape index (κ3) is 3.75. The average Bonchev–Trinajstić information content (AvgIpc) is 3.10. The molecule has 1 aromatic heterocycles. The van der Waals surface area contributed by atoms with Gasteiger partial charge < -0.3 is 34.6 Å². The molecule has 10 nitrogen and oxygen atoms in total. The Hall–Kier alpha value is -3.13. The topological polar surface area (TPSA) is 119 Å². The van der Waals surface area contributed by atoms with Crippen LogP contribution >= 0.6 is 0 Å². The smallest absolute Gasteiger partial charge is 0.351 e. The minimum Gasteiger partial charge on any atom is -0.491 e. The van der Waals surface area contributed by atoms with E-state index in [-0.39, 0.29) is 18.8 Å². The second-order valence-electron chi connectivity index (χ2n) is 6.70. The number of rotatable bonds is 6. The number of hydrogen-bond donors (Lipinski definition) is 3. The van der Waals surface area contributed by atoms with Gasteiger partial charge in [0.05, 0.1) is 31.9 Å². The number of aromatic nitrogens is 2. The zero-order valence-electron chi connectivity index (χ0n) is 15.4. The fourth-order valence-corrected chi connectivity index (χ4v) is 3.27. The summed E-state index contributed by atoms with van der Waals surface area (Å²) in [6, 6.07) is 5.30. The monoisotopic (exact) mass is 400 g/mol. The van der Waals surface area contributed by atoms with Crippen molar-refractivity contribution in [1.29, 1.82) is 0 Å². The first-order valence-corrected chi connectivity index (χ1v) is 9.22. The number of fused-ring (bicyclic) bond motifs is 2. The summed E-state index contributed by atoms with van der Waals surface area (Å²) in [6.07, 6.45) is -0.107. The van der Waals surface area contributed by atoms with Crippen LogP contribution in [0.2, 0.25) is 0 Å². The van der Waals surface area contributed by atoms with E-state index in [0.717, 1.165) is 0 Å². The van der Waals surface area contributed by atoms with E-state index in [9.17, 15) is 15.0 Å². The van der Waals surface area contributed by atoms with Crippen LogP contribution in [0.4, 0.5) is 11.5 Å². The first-order chi connectivity index (χ1) is 14.1. The number of aliphatic hydroxyl groups is 2. The molecule has 0 saturated carbocycles. The molecule has 0 spiro atoms. The summed E-state index contributed by atoms with van der Waals surface area (Å²) in [4.78, 5) is 19.8. The van der Waals surface area contributed by atoms with Crippen LogP contribution in [0.1, 0.15) is 19.1 Å². The maximum absolute atomic E-state index is 12.5. The van der Waals surface area contributed by atoms with Crippen molar-refractivity contribution in [3.8, 4) is 17.2 Å². The predicted molar refractivity (Wildman–Crippen MR) is 101 cm³/mol. The Morgan fingerprint density at radius 3 is 3.03 bits per heavy atom. The Morgan fingerprint density at radius 1 is 1.41 bits per heavy atom. The lowest BCUT2D eigenvalue weighted by Gasteiger charge is -2.24. The van der Waals surface area contributed by atoms with Crippen LogP contribution < -0.4 is 20.5 Å². The standard InChI is InChI=1S/C19H20N4O6/c1-20-6-3-7-27-12-4-2-5-13-17(12)21-18-14(28-13)9-23(19(26)22-18)16-8-11(25)15(10-24)29-16/h2,4-5,9,11,15-16,24-25H,3,6-8,10H2,(H,21,22,26)/t11-,15-,16-/m1/s1. The summed E-state index contributed by atoms with van der Waals surface area (Å²) >= 11 is 0. The number of para-hydroxylation sites is 1. The summed E-state index contributed by atoms with van der Waals surface area (Å²) in [5, 5.41) is 22.2. The van der Waals surface area contributed by atoms with Gasteiger partial charge in [-0.05, 0) is 12.1 Å². The van der Waals surface area contributed by atoms with E-state index in [2.05, 4.69) is 15.1 Å². The van der Waals surface area contributed by atoms with Gasteiger partial charge in [-0.2, -0.15) is 4.98 Å². The van der Waals surface area contributed by atoms with E-state index < -0.39 is 24.1 Å². The van der Waals surface area contributed by atoms with Crippen LogP contribution in [0.25, 0.3) is 4.85 Å². The number of hydrogen-bond acceptors (Lipinski definition) is 8. The van der Waals surface area contributed by atoms with Crippen molar-refractivity contribution >= 4 is 11.5 Å². The summed E-state index contributed by atoms with van der Waals surface area (Å²) in [5.41, 5.74) is -0.0186. The molecule has 1 saturated heterocycles. The Balaban J connectivity index is 1.57. The van der Waals surface area contributed by atoms with Crippen LogP contribution in [0.3, 0.4) is 0 Å². The van der Waals surface area contributed by atoms with Crippen LogP contribution in [0, 0.1) is 6.57 Å². The molecule has 1 aromatic carbocycles. The first-order valence-electron chi connectivity index (χ1n) is 9.22. The molecule has 2 aliphatic heterocycles. The third-order valence-electron chi connectivity index (χ3n) is 4.74. The zero-order valence-corrected chi connectivity index (χ0v) is 15.4. The van der Waals surface area contributed by atoms with E-state index in [4.69, 9.17) is 20.8 Å². The summed E-state index contributed by atoms with van der Waals surface area (Å²) in [6.45, 7) is 7.25. The number of benzene rings is 1. The molecule has 0 bridgehead atoms. The molecule has 10 heteroatoms. The van der Waals surface area contributed by atoms with Crippen molar-refractivity contribution in [2.75, 3.05) is 25.1 Å². The minimum atomic E-state index is -0.865. The highest BCUT2D eigenvalue weighted by molar-refractivity contribution is 5.77. The molecule has 152 valence electrons. The summed E-state index contributed by atoms with van der Waals surface area (Å²) in [5.74, 6) is 1.62. The molecule has 0 radical (unpaired) electrons. The third-order valence-corrected chi connectivity index (χ3v) is 4.74. The molecule has 3 heterocycles. The van der Waals surface area contributed by atoms with Gasteiger partial charge in [-0.3, -0.25) is 4.57 Å². The fourth-order valence-electron chi connectivity index (χ4n) is 3.27. The van der Waals surface area contributed by atoms with Crippen LogP contribution in [0.5, 0.6) is 17.2 Å². The maximum atomic E-state index is 12.5. The number of nitrogens with zero attached hydrogens (tertiary/aromatic N) is 3. The van der Waals surface area contributed by atoms with Crippen molar-refractivity contribution in [2.24, 2.45) is 0 Å². The van der Waals surface area contributed by atoms with E-state index in [0.29, 0.717) is 42.5 Å². The Morgan fingerprint density at radius 2 is 2.28 bits per heavy atom. The Kier molecular flexibility index (Phi) is 5.35. The predicted octanol–water partition coefficient (Wildman–Crippen LogP) is 1.42. The van der Waals surface area contributed by atoms with Gasteiger partial charge in [-0.15, -0.1) is 0 Å². The van der Waals surface area contributed by atoms with Crippen molar-refractivity contribution < 1.29 is 24.4 Å². The second kappa shape index (κ2) is 8.08. The van der Waals surface area contributed by atoms with Crippen LogP contribution in [-0.2, 0) is 4.74 Å². The van der Waals surface area contributed by atoms with Gasteiger partial charge in [0, 0.05) is 6.42 Å². The Labute approximate surface area is 166 Å². The first kappa shape index (κ1) is 19.2. The molecule has 29 heavy (non-hydrogen) atoms. The van der Waals surface area contributed by atoms with E-state index in [1.165, 1.54) is 10.8 Å². The number of anilines is 2. The summed E-state index contributed by atoms with van der Waals surface area (Å²) in [7, 11) is 0. The van der Waals surface area contributed by atoms with Gasteiger partial charge >= 0.3 is 5.69 Å². The van der Waals surface area contributed by atoms with Gasteiger partial charge in [-0.1, -0.05) is 6.07 Å². The lowest BCUT2D eigenvalue weighted by Crippen LogP contribution is -2.29. The van der Waals surface area contributed by atoms with E-state index in [1.54, 1.807) is 18.2 Å². The number of aliphatic hydroxyl groups excluding tert-OH is 2. The normalized spacial score (nSPS) is 22.0. The SMILES string of the molecule is [C-]#[N+]CCCOc1cccc2c1Nc1nc(=O)n([C@H]3C[C@@H](O)[C@@H](CO)O3)cc1O2. The molecule has 2 aliphatic rings. The minimum absolute atomic E-state index is 0.165. The van der Waals surface area contributed by atoms with Gasteiger partial charge in [0.2, 0.25) is 6.54 Å². The largest absolute Gasteiger partial charge is 0.491 e. The quantitative estimate of drug-likeness (QED) is 0.420. The van der Waals surface area contributed by atoms with E-state index in [1.807, 2.05) is 0 Å². The van der Waals surface area contributed by atoms with Crippen molar-refractivity contribution in [3.63, 3.8) is 0 Å². The molecule has 0 unspecified atom stereocenters. The number of ether oxygens (including phenoxy) is 3. The lowest BCUT2D eigenvalue weighted by molar-refractivity contribution is -0.0459. The molecule has 3 atom stereocenters. The zero-order chi connectivity index (χ0) is 20.4. The molecule has 2 aromatic rings. The fraction of sp³-hybridized carbons (Fsp3) is 0.421. The average molecular weight is 400 g/mol. The molecule has 4 rings (SSSR count). The number of nitrogens with one attached hydrogen (secondary N) is 1. The molecule has 3 N–H and O–H groups in total. The molecule has 0 aliphatic carbocycles. The van der Waals surface area contributed by atoms with Crippen molar-refractivity contribution in [1.82, 2.24) is 9.55 Å². The molecular weight excluding hydrogens is 380 g/mol. The highest BCUT2D eigenvalue weighted by atomic mass is 16.5. The maximum Gasteiger partial charge on any atom is 0.351 e. The van der Waals surface area contributed by atoms with Crippen molar-refractivity contribution in [2.45, 2.75) is 31.3 Å². The van der Waals surface area contributed by atoms with Gasteiger partial charge in [0.25, 0.3) is 0 Å². The van der Waals surface area contributed by atoms with Crippen LogP contribution in [-0.4, -0.2) is 51.7 Å².